The first kappa shape index (κ1) is 19.2. The number of nitrogens with zero attached hydrogens (tertiary/aromatic N) is 3. The van der Waals surface area contributed by atoms with Crippen molar-refractivity contribution < 1.29 is 9.53 Å². The summed E-state index contributed by atoms with van der Waals surface area (Å²) in [5.74, 6) is -0.409. The van der Waals surface area contributed by atoms with Crippen molar-refractivity contribution in [2.75, 3.05) is 7.11 Å². The molecule has 0 saturated heterocycles. The van der Waals surface area contributed by atoms with E-state index in [1.54, 1.807) is 12.5 Å². The Kier molecular flexibility index (Phi) is 5.32. The van der Waals surface area contributed by atoms with Crippen LogP contribution < -0.4 is 0 Å². The molecule has 0 spiro atoms. The zero-order valence-electron chi connectivity index (χ0n) is 15.9. The molecule has 29 heavy (non-hydrogen) atoms. The van der Waals surface area contributed by atoms with Crippen LogP contribution in [0.1, 0.15) is 22.7 Å². The van der Waals surface area contributed by atoms with E-state index in [0.29, 0.717) is 11.6 Å². The number of esters is 1. The number of benzene rings is 2. The summed E-state index contributed by atoms with van der Waals surface area (Å²) in [5, 5.41) is 0.634. The van der Waals surface area contributed by atoms with Gasteiger partial charge in [-0.2, -0.15) is 0 Å². The lowest BCUT2D eigenvalue weighted by molar-refractivity contribution is -0.149. The molecule has 0 amide bonds. The maximum Gasteiger partial charge on any atom is 0.341 e. The fourth-order valence-corrected chi connectivity index (χ4v) is 3.94. The van der Waals surface area contributed by atoms with Crippen molar-refractivity contribution in [2.45, 2.75) is 18.1 Å². The number of aromatic nitrogens is 1. The maximum atomic E-state index is 13.2. The molecular formula is C23H20ClN3O2. The van der Waals surface area contributed by atoms with Crippen LogP contribution in [0.3, 0.4) is 0 Å². The number of hydrogen-bond acceptors (Lipinski definition) is 5. The van der Waals surface area contributed by atoms with E-state index < -0.39 is 17.6 Å². The number of pyridine rings is 1. The van der Waals surface area contributed by atoms with Gasteiger partial charge in [0.2, 0.25) is 5.54 Å². The van der Waals surface area contributed by atoms with Crippen LogP contribution in [-0.4, -0.2) is 29.3 Å². The van der Waals surface area contributed by atoms with Gasteiger partial charge in [0, 0.05) is 24.0 Å². The zero-order valence-corrected chi connectivity index (χ0v) is 16.7. The van der Waals surface area contributed by atoms with E-state index in [0.717, 1.165) is 16.7 Å². The molecule has 4 rings (SSSR count). The number of carbonyl (C=O) groups excluding carboxylic acids is 1. The van der Waals surface area contributed by atoms with Crippen molar-refractivity contribution in [3.8, 4) is 0 Å². The summed E-state index contributed by atoms with van der Waals surface area (Å²) in [7, 11) is 1.39. The lowest BCUT2D eigenvalue weighted by atomic mass is 9.79. The second-order valence-corrected chi connectivity index (χ2v) is 7.29. The summed E-state index contributed by atoms with van der Waals surface area (Å²) in [4.78, 5) is 24.2. The van der Waals surface area contributed by atoms with Gasteiger partial charge in [0.25, 0.3) is 0 Å². The van der Waals surface area contributed by atoms with Crippen LogP contribution >= 0.6 is 11.6 Å². The van der Waals surface area contributed by atoms with Gasteiger partial charge in [-0.05, 0) is 34.9 Å². The quantitative estimate of drug-likeness (QED) is 0.591. The Bertz CT molecular complexity index is 1010. The number of ether oxygens (including phenoxy) is 1. The highest BCUT2D eigenvalue weighted by Gasteiger charge is 2.54. The number of aliphatic imine (C=N–C) groups is 1. The molecule has 0 radical (unpaired) electrons. The van der Waals surface area contributed by atoms with Gasteiger partial charge in [-0.1, -0.05) is 60.1 Å². The lowest BCUT2D eigenvalue weighted by Gasteiger charge is -2.36. The van der Waals surface area contributed by atoms with Crippen LogP contribution in [0.15, 0.2) is 84.1 Å². The minimum atomic E-state index is -1.22. The van der Waals surface area contributed by atoms with E-state index in [4.69, 9.17) is 21.3 Å². The molecule has 1 aliphatic heterocycles. The second kappa shape index (κ2) is 8.05. The van der Waals surface area contributed by atoms with Gasteiger partial charge in [-0.15, -0.1) is 0 Å². The number of rotatable bonds is 5. The molecule has 0 bridgehead atoms. The van der Waals surface area contributed by atoms with E-state index in [-0.39, 0.29) is 0 Å². The van der Waals surface area contributed by atoms with E-state index >= 15 is 0 Å². The predicted octanol–water partition coefficient (Wildman–Crippen LogP) is 4.39. The van der Waals surface area contributed by atoms with Crippen LogP contribution in [0.4, 0.5) is 0 Å². The molecule has 2 unspecified atom stereocenters. The van der Waals surface area contributed by atoms with Crippen molar-refractivity contribution in [1.82, 2.24) is 9.88 Å². The molecule has 0 N–H and O–H groups in total. The Hall–Kier alpha value is -3.18. The largest absolute Gasteiger partial charge is 0.467 e. The number of halogens is 1. The molecule has 146 valence electrons. The van der Waals surface area contributed by atoms with E-state index in [1.165, 1.54) is 7.11 Å². The van der Waals surface area contributed by atoms with Crippen LogP contribution in [0.5, 0.6) is 0 Å². The summed E-state index contributed by atoms with van der Waals surface area (Å²) in [6, 6.07) is 20.5. The molecule has 2 atom stereocenters. The summed E-state index contributed by atoms with van der Waals surface area (Å²) in [6.45, 7) is 0.552. The normalized spacial score (nSPS) is 20.6. The zero-order chi connectivity index (χ0) is 20.3. The van der Waals surface area contributed by atoms with E-state index in [9.17, 15) is 4.79 Å². The Morgan fingerprint density at radius 3 is 2.52 bits per heavy atom. The highest BCUT2D eigenvalue weighted by Crippen LogP contribution is 2.47. The van der Waals surface area contributed by atoms with E-state index in [1.807, 2.05) is 77.8 Å². The van der Waals surface area contributed by atoms with Gasteiger partial charge >= 0.3 is 5.97 Å². The highest BCUT2D eigenvalue weighted by molar-refractivity contribution is 6.30. The molecule has 2 heterocycles. The molecule has 0 aliphatic carbocycles. The van der Waals surface area contributed by atoms with Crippen LogP contribution in [0.2, 0.25) is 5.02 Å². The second-order valence-electron chi connectivity index (χ2n) is 6.86. The fourth-order valence-electron chi connectivity index (χ4n) is 3.82. The van der Waals surface area contributed by atoms with Crippen LogP contribution in [0.25, 0.3) is 0 Å². The summed E-state index contributed by atoms with van der Waals surface area (Å²) in [5.41, 5.74) is 1.50. The van der Waals surface area contributed by atoms with Gasteiger partial charge in [0.15, 0.2) is 0 Å². The fraction of sp³-hybridized carbons (Fsp3) is 0.174. The minimum Gasteiger partial charge on any atom is -0.467 e. The Labute approximate surface area is 174 Å². The predicted molar refractivity (Wildman–Crippen MR) is 113 cm³/mol. The minimum absolute atomic E-state index is 0.394. The Morgan fingerprint density at radius 2 is 1.86 bits per heavy atom. The van der Waals surface area contributed by atoms with Crippen molar-refractivity contribution in [1.29, 1.82) is 0 Å². The maximum absolute atomic E-state index is 13.2. The third-order valence-corrected chi connectivity index (χ3v) is 5.37. The topological polar surface area (TPSA) is 54.8 Å². The van der Waals surface area contributed by atoms with Gasteiger partial charge in [-0.3, -0.25) is 4.98 Å². The summed E-state index contributed by atoms with van der Waals surface area (Å²) in [6.07, 6.45) is 5.28. The molecular weight excluding hydrogens is 386 g/mol. The molecule has 0 fully saturated rings. The third kappa shape index (κ3) is 3.49. The van der Waals surface area contributed by atoms with Crippen LogP contribution in [0, 0.1) is 0 Å². The van der Waals surface area contributed by atoms with E-state index in [2.05, 4.69) is 4.98 Å². The average Bonchev–Trinajstić information content (AvgIpc) is 3.15. The van der Waals surface area contributed by atoms with Crippen molar-refractivity contribution in [2.24, 2.45) is 4.99 Å². The van der Waals surface area contributed by atoms with Crippen LogP contribution in [-0.2, 0) is 21.6 Å². The summed E-state index contributed by atoms with van der Waals surface area (Å²) < 4.78 is 5.25. The molecule has 1 aromatic heterocycles. The van der Waals surface area contributed by atoms with Crippen molar-refractivity contribution in [3.05, 3.63) is 101 Å². The molecule has 6 heteroatoms. The standard InChI is InChI=1S/C23H20ClN3O2/c1-29-22(28)23(19-7-3-2-4-8-19)21(18-9-11-20(24)12-10-18)27(16-26-23)15-17-6-5-13-25-14-17/h2-14,16,21H,15H2,1H3. The smallest absolute Gasteiger partial charge is 0.341 e. The first-order chi connectivity index (χ1) is 14.1. The summed E-state index contributed by atoms with van der Waals surface area (Å²) >= 11 is 6.12. The molecule has 3 aromatic rings. The van der Waals surface area contributed by atoms with Crippen molar-refractivity contribution >= 4 is 23.9 Å². The van der Waals surface area contributed by atoms with Crippen molar-refractivity contribution in [3.63, 3.8) is 0 Å². The van der Waals surface area contributed by atoms with Gasteiger partial charge in [0.1, 0.15) is 0 Å². The Morgan fingerprint density at radius 1 is 1.10 bits per heavy atom. The monoisotopic (exact) mass is 405 g/mol. The number of carbonyl (C=O) groups is 1. The third-order valence-electron chi connectivity index (χ3n) is 5.12. The first-order valence-electron chi connectivity index (χ1n) is 9.24. The molecule has 2 aromatic carbocycles. The molecule has 0 saturated carbocycles. The molecule has 1 aliphatic rings. The van der Waals surface area contributed by atoms with Gasteiger partial charge in [-0.25, -0.2) is 9.79 Å². The first-order valence-corrected chi connectivity index (χ1v) is 9.62. The molecule has 5 nitrogen and oxygen atoms in total. The lowest BCUT2D eigenvalue weighted by Crippen LogP contribution is -2.43. The number of methoxy groups -OCH3 is 1. The highest BCUT2D eigenvalue weighted by atomic mass is 35.5. The average molecular weight is 406 g/mol. The Balaban J connectivity index is 1.86. The number of hydrogen-bond donors (Lipinski definition) is 0. The van der Waals surface area contributed by atoms with Gasteiger partial charge < -0.3 is 9.64 Å². The SMILES string of the molecule is COC(=O)C1(c2ccccc2)N=CN(Cc2cccnc2)C1c1ccc(Cl)cc1. The van der Waals surface area contributed by atoms with Gasteiger partial charge in [0.05, 0.1) is 19.5 Å².